The van der Waals surface area contributed by atoms with Crippen molar-refractivity contribution in [2.75, 3.05) is 38.2 Å². The van der Waals surface area contributed by atoms with Gasteiger partial charge in [0.15, 0.2) is 11.6 Å². The highest BCUT2D eigenvalue weighted by molar-refractivity contribution is 5.69. The molecule has 1 aromatic heterocycles. The van der Waals surface area contributed by atoms with Gasteiger partial charge in [-0.1, -0.05) is 0 Å². The second kappa shape index (κ2) is 6.65. The van der Waals surface area contributed by atoms with Gasteiger partial charge in [-0.2, -0.15) is 0 Å². The highest BCUT2D eigenvalue weighted by atomic mass is 19.1. The number of hydrogen-bond acceptors (Lipinski definition) is 5. The Morgan fingerprint density at radius 1 is 1.55 bits per heavy atom. The number of anilines is 1. The first-order valence-electron chi connectivity index (χ1n) is 6.78. The quantitative estimate of drug-likeness (QED) is 0.778. The molecule has 6 heteroatoms. The van der Waals surface area contributed by atoms with Gasteiger partial charge in [0.1, 0.15) is 0 Å². The second-order valence-corrected chi connectivity index (χ2v) is 4.98. The Labute approximate surface area is 118 Å². The smallest absolute Gasteiger partial charge is 0.306 e. The average molecular weight is 281 g/mol. The topological polar surface area (TPSA) is 45.7 Å². The zero-order valence-corrected chi connectivity index (χ0v) is 11.9. The summed E-state index contributed by atoms with van der Waals surface area (Å²) in [6, 6.07) is 3.18. The fourth-order valence-electron chi connectivity index (χ4n) is 2.49. The van der Waals surface area contributed by atoms with Crippen molar-refractivity contribution in [1.29, 1.82) is 0 Å². The van der Waals surface area contributed by atoms with Crippen molar-refractivity contribution in [2.45, 2.75) is 19.4 Å². The third-order valence-electron chi connectivity index (χ3n) is 3.58. The van der Waals surface area contributed by atoms with E-state index in [1.165, 1.54) is 13.2 Å². The minimum Gasteiger partial charge on any atom is -0.469 e. The maximum Gasteiger partial charge on any atom is 0.306 e. The summed E-state index contributed by atoms with van der Waals surface area (Å²) < 4.78 is 18.4. The standard InChI is InChI=1S/C14H20FN3O2/c1-11-10-17(7-5-13(19)20-2)8-9-18(11)14-12(15)4-3-6-16-14/h3-4,6,11H,5,7-10H2,1-2H3/t11-/m1/s1. The zero-order chi connectivity index (χ0) is 14.5. The lowest BCUT2D eigenvalue weighted by atomic mass is 10.1. The number of aromatic nitrogens is 1. The van der Waals surface area contributed by atoms with Crippen LogP contribution in [0.3, 0.4) is 0 Å². The number of pyridine rings is 1. The van der Waals surface area contributed by atoms with E-state index in [9.17, 15) is 9.18 Å². The van der Waals surface area contributed by atoms with Crippen LogP contribution < -0.4 is 4.90 Å². The minimum atomic E-state index is -0.289. The van der Waals surface area contributed by atoms with Crippen LogP contribution in [-0.4, -0.2) is 55.2 Å². The van der Waals surface area contributed by atoms with Gasteiger partial charge in [-0.25, -0.2) is 9.37 Å². The van der Waals surface area contributed by atoms with Crippen LogP contribution in [0.25, 0.3) is 0 Å². The van der Waals surface area contributed by atoms with Crippen LogP contribution in [0.2, 0.25) is 0 Å². The van der Waals surface area contributed by atoms with Crippen LogP contribution >= 0.6 is 0 Å². The Kier molecular flexibility index (Phi) is 4.89. The Morgan fingerprint density at radius 3 is 3.00 bits per heavy atom. The predicted molar refractivity (Wildman–Crippen MR) is 74.1 cm³/mol. The Bertz CT molecular complexity index is 469. The van der Waals surface area contributed by atoms with Gasteiger partial charge in [-0.3, -0.25) is 9.69 Å². The van der Waals surface area contributed by atoms with Crippen LogP contribution in [0.4, 0.5) is 10.2 Å². The van der Waals surface area contributed by atoms with Crippen LogP contribution in [-0.2, 0) is 9.53 Å². The van der Waals surface area contributed by atoms with Gasteiger partial charge in [0, 0.05) is 38.4 Å². The molecule has 1 fully saturated rings. The molecule has 2 rings (SSSR count). The molecular formula is C14H20FN3O2. The van der Waals surface area contributed by atoms with E-state index in [1.807, 2.05) is 11.8 Å². The van der Waals surface area contributed by atoms with Crippen molar-refractivity contribution in [1.82, 2.24) is 9.88 Å². The van der Waals surface area contributed by atoms with Gasteiger partial charge >= 0.3 is 5.97 Å². The number of esters is 1. The maximum atomic E-state index is 13.8. The fourth-order valence-corrected chi connectivity index (χ4v) is 2.49. The Balaban J connectivity index is 1.93. The highest BCUT2D eigenvalue weighted by Crippen LogP contribution is 2.21. The van der Waals surface area contributed by atoms with Crippen LogP contribution in [0.1, 0.15) is 13.3 Å². The summed E-state index contributed by atoms with van der Waals surface area (Å²) in [5.41, 5.74) is 0. The lowest BCUT2D eigenvalue weighted by Gasteiger charge is -2.40. The number of carbonyl (C=O) groups is 1. The number of rotatable bonds is 4. The molecule has 20 heavy (non-hydrogen) atoms. The SMILES string of the molecule is COC(=O)CCN1CCN(c2ncccc2F)[C@H](C)C1. The van der Waals surface area contributed by atoms with Crippen LogP contribution in [0, 0.1) is 5.82 Å². The van der Waals surface area contributed by atoms with E-state index in [0.29, 0.717) is 25.3 Å². The lowest BCUT2D eigenvalue weighted by Crippen LogP contribution is -2.52. The summed E-state index contributed by atoms with van der Waals surface area (Å²) in [6.45, 7) is 4.99. The molecule has 0 spiro atoms. The van der Waals surface area contributed by atoms with Gasteiger partial charge in [0.25, 0.3) is 0 Å². The largest absolute Gasteiger partial charge is 0.469 e. The highest BCUT2D eigenvalue weighted by Gasteiger charge is 2.26. The third-order valence-corrected chi connectivity index (χ3v) is 3.58. The predicted octanol–water partition coefficient (Wildman–Crippen LogP) is 1.29. The minimum absolute atomic E-state index is 0.158. The molecule has 1 aliphatic heterocycles. The molecule has 1 saturated heterocycles. The molecule has 0 aromatic carbocycles. The van der Waals surface area contributed by atoms with E-state index in [-0.39, 0.29) is 17.8 Å². The van der Waals surface area contributed by atoms with E-state index in [1.54, 1.807) is 12.3 Å². The molecule has 0 amide bonds. The molecule has 5 nitrogen and oxygen atoms in total. The van der Waals surface area contributed by atoms with Gasteiger partial charge in [0.05, 0.1) is 13.5 Å². The number of methoxy groups -OCH3 is 1. The molecule has 1 atom stereocenters. The van der Waals surface area contributed by atoms with Gasteiger partial charge in [-0.15, -0.1) is 0 Å². The van der Waals surface area contributed by atoms with E-state index in [4.69, 9.17) is 0 Å². The average Bonchev–Trinajstić information content (AvgIpc) is 2.46. The summed E-state index contributed by atoms with van der Waals surface area (Å²) in [4.78, 5) is 19.4. The summed E-state index contributed by atoms with van der Waals surface area (Å²) in [7, 11) is 1.40. The molecule has 2 heterocycles. The number of nitrogens with zero attached hydrogens (tertiary/aromatic N) is 3. The maximum absolute atomic E-state index is 13.8. The van der Waals surface area contributed by atoms with E-state index in [2.05, 4.69) is 14.6 Å². The molecule has 1 aromatic rings. The lowest BCUT2D eigenvalue weighted by molar-refractivity contribution is -0.141. The number of carbonyl (C=O) groups excluding carboxylic acids is 1. The molecule has 0 saturated carbocycles. The second-order valence-electron chi connectivity index (χ2n) is 4.98. The third kappa shape index (κ3) is 3.45. The normalized spacial score (nSPS) is 19.9. The Hall–Kier alpha value is -1.69. The first-order chi connectivity index (χ1) is 9.61. The number of piperazine rings is 1. The van der Waals surface area contributed by atoms with Gasteiger partial charge < -0.3 is 9.64 Å². The molecule has 0 bridgehead atoms. The van der Waals surface area contributed by atoms with Crippen molar-refractivity contribution in [2.24, 2.45) is 0 Å². The number of hydrogen-bond donors (Lipinski definition) is 0. The first kappa shape index (κ1) is 14.7. The number of halogens is 1. The van der Waals surface area contributed by atoms with Crippen molar-refractivity contribution in [3.63, 3.8) is 0 Å². The molecule has 0 unspecified atom stereocenters. The monoisotopic (exact) mass is 281 g/mol. The molecule has 1 aliphatic rings. The fraction of sp³-hybridized carbons (Fsp3) is 0.571. The van der Waals surface area contributed by atoms with Crippen LogP contribution in [0.5, 0.6) is 0 Å². The van der Waals surface area contributed by atoms with Crippen molar-refractivity contribution in [3.05, 3.63) is 24.1 Å². The van der Waals surface area contributed by atoms with Gasteiger partial charge in [0.2, 0.25) is 0 Å². The number of ether oxygens (including phenoxy) is 1. The Morgan fingerprint density at radius 2 is 2.35 bits per heavy atom. The first-order valence-corrected chi connectivity index (χ1v) is 6.78. The summed E-state index contributed by atoms with van der Waals surface area (Å²) in [5.74, 6) is -0.0779. The van der Waals surface area contributed by atoms with E-state index >= 15 is 0 Å². The zero-order valence-electron chi connectivity index (χ0n) is 11.9. The van der Waals surface area contributed by atoms with Crippen molar-refractivity contribution < 1.29 is 13.9 Å². The molecule has 110 valence electrons. The molecule has 0 N–H and O–H groups in total. The molecule has 0 radical (unpaired) electrons. The van der Waals surface area contributed by atoms with E-state index in [0.717, 1.165) is 13.1 Å². The summed E-state index contributed by atoms with van der Waals surface area (Å²) in [6.07, 6.45) is 2.00. The molecule has 0 aliphatic carbocycles. The summed E-state index contributed by atoms with van der Waals surface area (Å²) >= 11 is 0. The van der Waals surface area contributed by atoms with Crippen LogP contribution in [0.15, 0.2) is 18.3 Å². The van der Waals surface area contributed by atoms with E-state index < -0.39 is 0 Å². The summed E-state index contributed by atoms with van der Waals surface area (Å²) in [5, 5.41) is 0. The molecular weight excluding hydrogens is 261 g/mol. The van der Waals surface area contributed by atoms with Crippen molar-refractivity contribution >= 4 is 11.8 Å². The van der Waals surface area contributed by atoms with Crippen molar-refractivity contribution in [3.8, 4) is 0 Å². The van der Waals surface area contributed by atoms with Gasteiger partial charge in [-0.05, 0) is 19.1 Å².